The van der Waals surface area contributed by atoms with Gasteiger partial charge in [0.25, 0.3) is 0 Å². The molecule has 2 heterocycles. The number of aromatic nitrogens is 1. The average molecular weight is 268 g/mol. The van der Waals surface area contributed by atoms with E-state index >= 15 is 0 Å². The summed E-state index contributed by atoms with van der Waals surface area (Å²) in [6.07, 6.45) is 4.38. The third-order valence-corrected chi connectivity index (χ3v) is 5.07. The number of rotatable bonds is 4. The number of likely N-dealkylation sites (tertiary alicyclic amines) is 1. The lowest BCUT2D eigenvalue weighted by Gasteiger charge is -2.37. The summed E-state index contributed by atoms with van der Waals surface area (Å²) in [7, 11) is 0. The molecule has 1 fully saturated rings. The highest BCUT2D eigenvalue weighted by Gasteiger charge is 2.25. The van der Waals surface area contributed by atoms with Crippen LogP contribution in [0.3, 0.4) is 0 Å². The molecule has 1 aliphatic rings. The second kappa shape index (κ2) is 6.13. The molecule has 0 aliphatic carbocycles. The van der Waals surface area contributed by atoms with Gasteiger partial charge in [0, 0.05) is 42.7 Å². The first-order chi connectivity index (χ1) is 8.60. The van der Waals surface area contributed by atoms with E-state index in [4.69, 9.17) is 0 Å². The molecule has 4 heteroatoms. The highest BCUT2D eigenvalue weighted by Crippen LogP contribution is 2.27. The lowest BCUT2D eigenvalue weighted by Crippen LogP contribution is -2.42. The number of piperidine rings is 1. The zero-order valence-electron chi connectivity index (χ0n) is 11.6. The van der Waals surface area contributed by atoms with Crippen molar-refractivity contribution in [2.75, 3.05) is 13.2 Å². The van der Waals surface area contributed by atoms with Crippen molar-refractivity contribution in [3.8, 4) is 0 Å². The second-order valence-electron chi connectivity index (χ2n) is 5.72. The first-order valence-corrected chi connectivity index (χ1v) is 7.71. The summed E-state index contributed by atoms with van der Waals surface area (Å²) in [5.74, 6) is 0.978. The Kier molecular flexibility index (Phi) is 4.76. The average Bonchev–Trinajstić information content (AvgIpc) is 2.81. The monoisotopic (exact) mass is 268 g/mol. The lowest BCUT2D eigenvalue weighted by atomic mass is 9.94. The van der Waals surface area contributed by atoms with Crippen molar-refractivity contribution >= 4 is 11.3 Å². The Bertz CT molecular complexity index is 378. The SMILES string of the molecule is CC(C)c1ncc(CN2CC(CO)CCC2C)s1. The van der Waals surface area contributed by atoms with E-state index in [0.717, 1.165) is 19.5 Å². The number of nitrogens with zero attached hydrogens (tertiary/aromatic N) is 2. The van der Waals surface area contributed by atoms with Crippen LogP contribution in [0.1, 0.15) is 49.4 Å². The molecule has 1 aromatic heterocycles. The number of thiazole rings is 1. The highest BCUT2D eigenvalue weighted by atomic mass is 32.1. The van der Waals surface area contributed by atoms with Gasteiger partial charge in [-0.15, -0.1) is 11.3 Å². The van der Waals surface area contributed by atoms with Gasteiger partial charge >= 0.3 is 0 Å². The van der Waals surface area contributed by atoms with Crippen molar-refractivity contribution in [3.63, 3.8) is 0 Å². The molecular weight excluding hydrogens is 244 g/mol. The second-order valence-corrected chi connectivity index (χ2v) is 6.87. The molecule has 2 unspecified atom stereocenters. The van der Waals surface area contributed by atoms with Crippen LogP contribution in [0.25, 0.3) is 0 Å². The Balaban J connectivity index is 1.98. The molecule has 18 heavy (non-hydrogen) atoms. The Morgan fingerprint density at radius 1 is 1.50 bits per heavy atom. The third-order valence-electron chi connectivity index (χ3n) is 3.79. The van der Waals surface area contributed by atoms with E-state index in [2.05, 4.69) is 30.7 Å². The largest absolute Gasteiger partial charge is 0.396 e. The van der Waals surface area contributed by atoms with E-state index in [-0.39, 0.29) is 0 Å². The fraction of sp³-hybridized carbons (Fsp3) is 0.786. The van der Waals surface area contributed by atoms with Crippen LogP contribution < -0.4 is 0 Å². The number of aliphatic hydroxyl groups is 1. The Morgan fingerprint density at radius 3 is 2.89 bits per heavy atom. The van der Waals surface area contributed by atoms with E-state index in [1.54, 1.807) is 0 Å². The molecule has 0 radical (unpaired) electrons. The molecule has 2 rings (SSSR count). The summed E-state index contributed by atoms with van der Waals surface area (Å²) in [5, 5.41) is 10.5. The summed E-state index contributed by atoms with van der Waals surface area (Å²) >= 11 is 1.83. The van der Waals surface area contributed by atoms with Crippen LogP contribution in [0.2, 0.25) is 0 Å². The minimum absolute atomic E-state index is 0.323. The normalized spacial score (nSPS) is 25.8. The minimum atomic E-state index is 0.323. The topological polar surface area (TPSA) is 36.4 Å². The van der Waals surface area contributed by atoms with Crippen molar-refractivity contribution in [2.45, 2.75) is 52.1 Å². The van der Waals surface area contributed by atoms with Gasteiger partial charge in [-0.2, -0.15) is 0 Å². The van der Waals surface area contributed by atoms with Gasteiger partial charge in [0.1, 0.15) is 0 Å². The smallest absolute Gasteiger partial charge is 0.0953 e. The van der Waals surface area contributed by atoms with E-state index in [9.17, 15) is 5.11 Å². The maximum absolute atomic E-state index is 9.30. The zero-order valence-corrected chi connectivity index (χ0v) is 12.4. The number of hydrogen-bond acceptors (Lipinski definition) is 4. The van der Waals surface area contributed by atoms with Gasteiger partial charge in [-0.1, -0.05) is 13.8 Å². The standard InChI is InChI=1S/C14H24N2OS/c1-10(2)14-15-6-13(18-14)8-16-7-12(9-17)5-4-11(16)3/h6,10-12,17H,4-5,7-9H2,1-3H3. The van der Waals surface area contributed by atoms with Gasteiger partial charge < -0.3 is 5.11 Å². The molecule has 0 saturated carbocycles. The summed E-state index contributed by atoms with van der Waals surface area (Å²) in [6, 6.07) is 0.623. The Morgan fingerprint density at radius 2 is 2.28 bits per heavy atom. The zero-order chi connectivity index (χ0) is 13.1. The maximum atomic E-state index is 9.30. The molecule has 0 spiro atoms. The van der Waals surface area contributed by atoms with E-state index in [1.165, 1.54) is 16.3 Å². The molecule has 1 saturated heterocycles. The van der Waals surface area contributed by atoms with Gasteiger partial charge in [-0.05, 0) is 25.7 Å². The molecular formula is C14H24N2OS. The fourth-order valence-corrected chi connectivity index (χ4v) is 3.44. The maximum Gasteiger partial charge on any atom is 0.0953 e. The summed E-state index contributed by atoms with van der Waals surface area (Å²) < 4.78 is 0. The minimum Gasteiger partial charge on any atom is -0.396 e. The van der Waals surface area contributed by atoms with Crippen LogP contribution in [0.4, 0.5) is 0 Å². The van der Waals surface area contributed by atoms with Crippen molar-refractivity contribution < 1.29 is 5.11 Å². The number of aliphatic hydroxyl groups excluding tert-OH is 1. The summed E-state index contributed by atoms with van der Waals surface area (Å²) in [6.45, 7) is 9.00. The van der Waals surface area contributed by atoms with E-state index < -0.39 is 0 Å². The molecule has 3 nitrogen and oxygen atoms in total. The molecule has 2 atom stereocenters. The fourth-order valence-electron chi connectivity index (χ4n) is 2.49. The molecule has 0 bridgehead atoms. The molecule has 0 aromatic carbocycles. The van der Waals surface area contributed by atoms with Crippen LogP contribution in [0.15, 0.2) is 6.20 Å². The molecule has 102 valence electrons. The Labute approximate surface area is 114 Å². The van der Waals surface area contributed by atoms with Crippen molar-refractivity contribution in [1.82, 2.24) is 9.88 Å². The van der Waals surface area contributed by atoms with Crippen molar-refractivity contribution in [2.24, 2.45) is 5.92 Å². The van der Waals surface area contributed by atoms with Gasteiger partial charge in [-0.3, -0.25) is 4.90 Å². The van der Waals surface area contributed by atoms with Gasteiger partial charge in [0.15, 0.2) is 0 Å². The predicted octanol–water partition coefficient (Wildman–Crippen LogP) is 2.86. The van der Waals surface area contributed by atoms with Crippen LogP contribution >= 0.6 is 11.3 Å². The van der Waals surface area contributed by atoms with Crippen LogP contribution in [0, 0.1) is 5.92 Å². The van der Waals surface area contributed by atoms with Crippen molar-refractivity contribution in [3.05, 3.63) is 16.1 Å². The van der Waals surface area contributed by atoms with Gasteiger partial charge in [0.2, 0.25) is 0 Å². The van der Waals surface area contributed by atoms with Gasteiger partial charge in [0.05, 0.1) is 5.01 Å². The summed E-state index contributed by atoms with van der Waals surface area (Å²) in [5.41, 5.74) is 0. The molecule has 0 amide bonds. The first kappa shape index (κ1) is 14.0. The van der Waals surface area contributed by atoms with Gasteiger partial charge in [-0.25, -0.2) is 4.98 Å². The van der Waals surface area contributed by atoms with Crippen molar-refractivity contribution in [1.29, 1.82) is 0 Å². The van der Waals surface area contributed by atoms with Crippen LogP contribution in [-0.4, -0.2) is 34.2 Å². The molecule has 1 N–H and O–H groups in total. The molecule has 1 aromatic rings. The van der Waals surface area contributed by atoms with Crippen LogP contribution in [0.5, 0.6) is 0 Å². The molecule has 1 aliphatic heterocycles. The number of hydrogen-bond donors (Lipinski definition) is 1. The first-order valence-electron chi connectivity index (χ1n) is 6.89. The Hall–Kier alpha value is -0.450. The third kappa shape index (κ3) is 3.31. The summed E-state index contributed by atoms with van der Waals surface area (Å²) in [4.78, 5) is 8.33. The van der Waals surface area contributed by atoms with Crippen LogP contribution in [-0.2, 0) is 6.54 Å². The quantitative estimate of drug-likeness (QED) is 0.912. The highest BCUT2D eigenvalue weighted by molar-refractivity contribution is 7.11. The lowest BCUT2D eigenvalue weighted by molar-refractivity contribution is 0.0779. The van der Waals surface area contributed by atoms with E-state index in [0.29, 0.717) is 24.5 Å². The predicted molar refractivity (Wildman–Crippen MR) is 75.9 cm³/mol. The van der Waals surface area contributed by atoms with E-state index in [1.807, 2.05) is 17.5 Å².